The van der Waals surface area contributed by atoms with Crippen LogP contribution < -0.4 is 20.1 Å². The Morgan fingerprint density at radius 3 is 2.45 bits per heavy atom. The first-order valence-electron chi connectivity index (χ1n) is 10.2. The first-order chi connectivity index (χ1) is 15.1. The lowest BCUT2D eigenvalue weighted by atomic mass is 10.0. The van der Waals surface area contributed by atoms with E-state index in [2.05, 4.69) is 10.6 Å². The van der Waals surface area contributed by atoms with Gasteiger partial charge in [0.1, 0.15) is 19.3 Å². The number of rotatable bonds is 7. The van der Waals surface area contributed by atoms with Crippen LogP contribution in [0.2, 0.25) is 0 Å². The highest BCUT2D eigenvalue weighted by Gasteiger charge is 2.25. The van der Waals surface area contributed by atoms with Crippen molar-refractivity contribution in [1.29, 1.82) is 0 Å². The van der Waals surface area contributed by atoms with Gasteiger partial charge in [-0.1, -0.05) is 36.4 Å². The van der Waals surface area contributed by atoms with Crippen LogP contribution in [0.15, 0.2) is 71.3 Å². The first-order valence-corrected chi connectivity index (χ1v) is 10.2. The molecule has 3 aromatic rings. The molecule has 2 amide bonds. The van der Waals surface area contributed by atoms with Crippen molar-refractivity contribution in [2.24, 2.45) is 0 Å². The van der Waals surface area contributed by atoms with Gasteiger partial charge in [0.25, 0.3) is 5.91 Å². The topological polar surface area (TPSA) is 89.8 Å². The van der Waals surface area contributed by atoms with E-state index < -0.39 is 11.9 Å². The lowest BCUT2D eigenvalue weighted by Gasteiger charge is -2.23. The van der Waals surface area contributed by atoms with Gasteiger partial charge in [-0.2, -0.15) is 0 Å². The van der Waals surface area contributed by atoms with Crippen LogP contribution in [0.1, 0.15) is 34.6 Å². The highest BCUT2D eigenvalue weighted by atomic mass is 16.6. The van der Waals surface area contributed by atoms with Crippen molar-refractivity contribution in [2.45, 2.75) is 25.4 Å². The van der Waals surface area contributed by atoms with E-state index in [1.54, 1.807) is 12.1 Å². The Morgan fingerprint density at radius 1 is 0.935 bits per heavy atom. The van der Waals surface area contributed by atoms with Crippen LogP contribution in [-0.2, 0) is 11.2 Å². The summed E-state index contributed by atoms with van der Waals surface area (Å²) in [5.74, 6) is 0.794. The number of carbonyl (C=O) groups excluding carboxylic acids is 2. The molecule has 2 aromatic carbocycles. The molecule has 0 radical (unpaired) electrons. The van der Waals surface area contributed by atoms with Crippen molar-refractivity contribution in [3.8, 4) is 11.5 Å². The van der Waals surface area contributed by atoms with Gasteiger partial charge in [-0.05, 0) is 42.3 Å². The first kappa shape index (κ1) is 20.5. The molecule has 0 spiro atoms. The average Bonchev–Trinajstić information content (AvgIpc) is 3.34. The van der Waals surface area contributed by atoms with E-state index in [1.165, 1.54) is 6.26 Å². The fourth-order valence-electron chi connectivity index (χ4n) is 3.42. The van der Waals surface area contributed by atoms with Crippen LogP contribution >= 0.6 is 0 Å². The minimum atomic E-state index is -0.764. The second-order valence-corrected chi connectivity index (χ2v) is 7.33. The molecule has 7 nitrogen and oxygen atoms in total. The van der Waals surface area contributed by atoms with E-state index >= 15 is 0 Å². The van der Waals surface area contributed by atoms with Crippen molar-refractivity contribution in [1.82, 2.24) is 10.6 Å². The third kappa shape index (κ3) is 5.06. The van der Waals surface area contributed by atoms with Gasteiger partial charge in [0.05, 0.1) is 12.3 Å². The molecule has 160 valence electrons. The summed E-state index contributed by atoms with van der Waals surface area (Å²) in [6.45, 7) is 2.90. The molecule has 1 aliphatic heterocycles. The molecule has 7 heteroatoms. The Labute approximate surface area is 180 Å². The molecule has 0 aliphatic carbocycles. The van der Waals surface area contributed by atoms with E-state index in [1.807, 2.05) is 55.5 Å². The number of fused-ring (bicyclic) bond motifs is 1. The van der Waals surface area contributed by atoms with Crippen molar-refractivity contribution in [2.75, 3.05) is 13.2 Å². The van der Waals surface area contributed by atoms with Crippen molar-refractivity contribution >= 4 is 11.8 Å². The minimum absolute atomic E-state index is 0.158. The molecule has 2 N–H and O–H groups in total. The van der Waals surface area contributed by atoms with Gasteiger partial charge in [-0.3, -0.25) is 9.59 Å². The van der Waals surface area contributed by atoms with Crippen molar-refractivity contribution in [3.63, 3.8) is 0 Å². The van der Waals surface area contributed by atoms with E-state index in [0.29, 0.717) is 31.1 Å². The van der Waals surface area contributed by atoms with Gasteiger partial charge < -0.3 is 24.5 Å². The number of nitrogens with one attached hydrogen (secondary N) is 2. The number of hydrogen-bond acceptors (Lipinski definition) is 5. The van der Waals surface area contributed by atoms with Gasteiger partial charge in [0.2, 0.25) is 5.91 Å². The largest absolute Gasteiger partial charge is 0.486 e. The fourth-order valence-corrected chi connectivity index (χ4v) is 3.42. The van der Waals surface area contributed by atoms with Gasteiger partial charge in [-0.15, -0.1) is 0 Å². The standard InChI is InChI=1S/C24H24N2O5/c1-16(18-9-10-20-22(15-18)31-13-12-30-20)25-23(27)19(14-17-6-3-2-4-7-17)26-24(28)21-8-5-11-29-21/h2-11,15-16,19H,12-14H2,1H3,(H,25,27)(H,26,28)/t16-,19+/m0/s1. The number of hydrogen-bond donors (Lipinski definition) is 2. The highest BCUT2D eigenvalue weighted by Crippen LogP contribution is 2.32. The predicted octanol–water partition coefficient (Wildman–Crippen LogP) is 3.27. The molecule has 0 saturated carbocycles. The van der Waals surface area contributed by atoms with Gasteiger partial charge in [-0.25, -0.2) is 0 Å². The Bertz CT molecular complexity index is 1030. The second-order valence-electron chi connectivity index (χ2n) is 7.33. The summed E-state index contributed by atoms with van der Waals surface area (Å²) in [5, 5.41) is 5.78. The van der Waals surface area contributed by atoms with Crippen molar-refractivity contribution < 1.29 is 23.5 Å². The zero-order valence-corrected chi connectivity index (χ0v) is 17.2. The minimum Gasteiger partial charge on any atom is -0.486 e. The third-order valence-electron chi connectivity index (χ3n) is 5.07. The summed E-state index contributed by atoms with van der Waals surface area (Å²) < 4.78 is 16.3. The quantitative estimate of drug-likeness (QED) is 0.612. The number of carbonyl (C=O) groups is 2. The molecule has 0 fully saturated rings. The molecule has 31 heavy (non-hydrogen) atoms. The molecule has 1 aliphatic rings. The monoisotopic (exact) mass is 420 g/mol. The molecule has 0 unspecified atom stereocenters. The normalized spacial score (nSPS) is 14.4. The van der Waals surface area contributed by atoms with Crippen LogP contribution in [0.3, 0.4) is 0 Å². The Balaban J connectivity index is 1.48. The van der Waals surface area contributed by atoms with Crippen LogP contribution in [-0.4, -0.2) is 31.1 Å². The fraction of sp³-hybridized carbons (Fsp3) is 0.250. The SMILES string of the molecule is C[C@H](NC(=O)[C@@H](Cc1ccccc1)NC(=O)c1ccco1)c1ccc2c(c1)OCCO2. The highest BCUT2D eigenvalue weighted by molar-refractivity contribution is 5.95. The van der Waals surface area contributed by atoms with E-state index in [9.17, 15) is 9.59 Å². The lowest BCUT2D eigenvalue weighted by Crippen LogP contribution is -2.48. The third-order valence-corrected chi connectivity index (χ3v) is 5.07. The predicted molar refractivity (Wildman–Crippen MR) is 114 cm³/mol. The zero-order valence-electron chi connectivity index (χ0n) is 17.2. The van der Waals surface area contributed by atoms with Gasteiger partial charge >= 0.3 is 0 Å². The van der Waals surface area contributed by atoms with Crippen LogP contribution in [0.25, 0.3) is 0 Å². The Kier molecular flexibility index (Phi) is 6.21. The zero-order chi connectivity index (χ0) is 21.6. The molecular weight excluding hydrogens is 396 g/mol. The van der Waals surface area contributed by atoms with Crippen LogP contribution in [0, 0.1) is 0 Å². The summed E-state index contributed by atoms with van der Waals surface area (Å²) in [5.41, 5.74) is 1.82. The molecule has 1 aromatic heterocycles. The Hall–Kier alpha value is -3.74. The number of furan rings is 1. The number of benzene rings is 2. The molecule has 0 bridgehead atoms. The second kappa shape index (κ2) is 9.38. The van der Waals surface area contributed by atoms with Crippen LogP contribution in [0.5, 0.6) is 11.5 Å². The number of ether oxygens (including phenoxy) is 2. The lowest BCUT2D eigenvalue weighted by molar-refractivity contribution is -0.123. The summed E-state index contributed by atoms with van der Waals surface area (Å²) in [6, 6.07) is 17.3. The smallest absolute Gasteiger partial charge is 0.287 e. The molecular formula is C24H24N2O5. The Morgan fingerprint density at radius 2 is 1.71 bits per heavy atom. The molecule has 0 saturated heterocycles. The van der Waals surface area contributed by atoms with E-state index in [-0.39, 0.29) is 17.7 Å². The van der Waals surface area contributed by atoms with Gasteiger partial charge in [0.15, 0.2) is 17.3 Å². The van der Waals surface area contributed by atoms with Crippen molar-refractivity contribution in [3.05, 3.63) is 83.8 Å². The average molecular weight is 420 g/mol. The molecule has 2 heterocycles. The molecule has 4 rings (SSSR count). The molecule has 2 atom stereocenters. The maximum atomic E-state index is 13.1. The summed E-state index contributed by atoms with van der Waals surface area (Å²) in [7, 11) is 0. The van der Waals surface area contributed by atoms with E-state index in [0.717, 1.165) is 11.1 Å². The summed E-state index contributed by atoms with van der Waals surface area (Å²) in [4.78, 5) is 25.6. The maximum Gasteiger partial charge on any atom is 0.287 e. The van der Waals surface area contributed by atoms with Crippen LogP contribution in [0.4, 0.5) is 0 Å². The summed E-state index contributed by atoms with van der Waals surface area (Å²) in [6.07, 6.45) is 1.78. The summed E-state index contributed by atoms with van der Waals surface area (Å²) >= 11 is 0. The number of amides is 2. The maximum absolute atomic E-state index is 13.1. The van der Waals surface area contributed by atoms with E-state index in [4.69, 9.17) is 13.9 Å². The van der Waals surface area contributed by atoms with Gasteiger partial charge in [0, 0.05) is 6.42 Å².